The molecule has 0 saturated heterocycles. The number of ether oxygens (including phenoxy) is 2. The van der Waals surface area contributed by atoms with Crippen molar-refractivity contribution in [2.24, 2.45) is 0 Å². The molecule has 0 bridgehead atoms. The summed E-state index contributed by atoms with van der Waals surface area (Å²) in [5.41, 5.74) is 1.90. The van der Waals surface area contributed by atoms with Crippen molar-refractivity contribution in [2.75, 3.05) is 20.3 Å². The lowest BCUT2D eigenvalue weighted by Crippen LogP contribution is -2.06. The number of rotatable bonds is 6. The minimum absolute atomic E-state index is 0.285. The van der Waals surface area contributed by atoms with E-state index in [0.717, 1.165) is 22.8 Å². The number of aromatic nitrogens is 2. The molecule has 2 aromatic rings. The molecule has 1 aromatic carbocycles. The summed E-state index contributed by atoms with van der Waals surface area (Å²) in [6.45, 7) is 5.23. The van der Waals surface area contributed by atoms with E-state index < -0.39 is 0 Å². The average Bonchev–Trinajstić information content (AvgIpc) is 2.47. The number of hydrogen-bond acceptors (Lipinski definition) is 4. The SMILES string of the molecule is COCCOc1ccccc1-c1cc(=S)nc(C(C)C)[nH]1. The first kappa shape index (κ1) is 15.7. The summed E-state index contributed by atoms with van der Waals surface area (Å²) in [6, 6.07) is 9.74. The first-order valence-electron chi connectivity index (χ1n) is 6.94. The van der Waals surface area contributed by atoms with Gasteiger partial charge in [-0.3, -0.25) is 0 Å². The molecule has 4 nitrogen and oxygen atoms in total. The molecule has 0 aliphatic rings. The van der Waals surface area contributed by atoms with E-state index in [-0.39, 0.29) is 5.92 Å². The molecule has 0 spiro atoms. The predicted octanol–water partition coefficient (Wildman–Crippen LogP) is 3.95. The molecule has 1 heterocycles. The number of aromatic amines is 1. The van der Waals surface area contributed by atoms with E-state index in [4.69, 9.17) is 21.7 Å². The van der Waals surface area contributed by atoms with Gasteiger partial charge in [-0.1, -0.05) is 38.2 Å². The third-order valence-electron chi connectivity index (χ3n) is 3.03. The molecule has 0 fully saturated rings. The molecule has 0 aliphatic carbocycles. The van der Waals surface area contributed by atoms with Crippen LogP contribution in [0.5, 0.6) is 5.75 Å². The van der Waals surface area contributed by atoms with Crippen LogP contribution in [0.25, 0.3) is 11.3 Å². The quantitative estimate of drug-likeness (QED) is 0.648. The largest absolute Gasteiger partial charge is 0.490 e. The van der Waals surface area contributed by atoms with Gasteiger partial charge in [0.15, 0.2) is 0 Å². The van der Waals surface area contributed by atoms with E-state index in [1.165, 1.54) is 0 Å². The normalized spacial score (nSPS) is 10.9. The van der Waals surface area contributed by atoms with Gasteiger partial charge in [-0.2, -0.15) is 0 Å². The van der Waals surface area contributed by atoms with Crippen LogP contribution in [0.4, 0.5) is 0 Å². The number of nitrogens with one attached hydrogen (secondary N) is 1. The van der Waals surface area contributed by atoms with Crippen LogP contribution in [0.3, 0.4) is 0 Å². The second-order valence-corrected chi connectivity index (χ2v) is 5.43. The summed E-state index contributed by atoms with van der Waals surface area (Å²) in [5, 5.41) is 0. The number of benzene rings is 1. The first-order valence-corrected chi connectivity index (χ1v) is 7.35. The summed E-state index contributed by atoms with van der Waals surface area (Å²) >= 11 is 5.26. The first-order chi connectivity index (χ1) is 10.1. The maximum absolute atomic E-state index is 5.77. The topological polar surface area (TPSA) is 47.1 Å². The highest BCUT2D eigenvalue weighted by molar-refractivity contribution is 7.71. The van der Waals surface area contributed by atoms with Crippen molar-refractivity contribution < 1.29 is 9.47 Å². The molecule has 1 aromatic heterocycles. The Morgan fingerprint density at radius 1 is 1.24 bits per heavy atom. The molecule has 0 radical (unpaired) electrons. The predicted molar refractivity (Wildman–Crippen MR) is 86.3 cm³/mol. The van der Waals surface area contributed by atoms with Crippen LogP contribution in [0.15, 0.2) is 30.3 Å². The summed E-state index contributed by atoms with van der Waals surface area (Å²) < 4.78 is 11.4. The molecular formula is C16H20N2O2S. The monoisotopic (exact) mass is 304 g/mol. The zero-order chi connectivity index (χ0) is 15.2. The van der Waals surface area contributed by atoms with Gasteiger partial charge in [-0.05, 0) is 18.2 Å². The highest BCUT2D eigenvalue weighted by Crippen LogP contribution is 2.29. The minimum Gasteiger partial charge on any atom is -0.490 e. The average molecular weight is 304 g/mol. The van der Waals surface area contributed by atoms with Gasteiger partial charge in [0.2, 0.25) is 0 Å². The molecule has 0 amide bonds. The second-order valence-electron chi connectivity index (χ2n) is 5.01. The molecule has 0 atom stereocenters. The van der Waals surface area contributed by atoms with Gasteiger partial charge in [0, 0.05) is 18.6 Å². The van der Waals surface area contributed by atoms with Crippen LogP contribution in [-0.4, -0.2) is 30.3 Å². The molecule has 112 valence electrons. The zero-order valence-corrected chi connectivity index (χ0v) is 13.4. The summed E-state index contributed by atoms with van der Waals surface area (Å²) in [4.78, 5) is 7.71. The van der Waals surface area contributed by atoms with Crippen molar-refractivity contribution in [1.29, 1.82) is 0 Å². The van der Waals surface area contributed by atoms with Crippen LogP contribution in [0, 0.1) is 4.64 Å². The van der Waals surface area contributed by atoms with E-state index in [1.54, 1.807) is 7.11 Å². The molecular weight excluding hydrogens is 284 g/mol. The van der Waals surface area contributed by atoms with Crippen LogP contribution >= 0.6 is 12.2 Å². The minimum atomic E-state index is 0.285. The molecule has 0 aliphatic heterocycles. The fourth-order valence-corrected chi connectivity index (χ4v) is 2.16. The smallest absolute Gasteiger partial charge is 0.130 e. The Labute approximate surface area is 130 Å². The zero-order valence-electron chi connectivity index (χ0n) is 12.6. The van der Waals surface area contributed by atoms with Crippen molar-refractivity contribution >= 4 is 12.2 Å². The number of H-pyrrole nitrogens is 1. The number of para-hydroxylation sites is 1. The Balaban J connectivity index is 2.39. The fourth-order valence-electron chi connectivity index (χ4n) is 1.94. The maximum Gasteiger partial charge on any atom is 0.130 e. The Bertz CT molecular complexity index is 653. The Kier molecular flexibility index (Phi) is 5.47. The third kappa shape index (κ3) is 4.12. The van der Waals surface area contributed by atoms with E-state index in [9.17, 15) is 0 Å². The van der Waals surface area contributed by atoms with Gasteiger partial charge in [0.25, 0.3) is 0 Å². The molecule has 0 saturated carbocycles. The van der Waals surface area contributed by atoms with Crippen molar-refractivity contribution in [2.45, 2.75) is 19.8 Å². The summed E-state index contributed by atoms with van der Waals surface area (Å²) in [5.74, 6) is 1.97. The number of methoxy groups -OCH3 is 1. The van der Waals surface area contributed by atoms with Crippen LogP contribution in [0.2, 0.25) is 0 Å². The molecule has 5 heteroatoms. The summed E-state index contributed by atoms with van der Waals surface area (Å²) in [7, 11) is 1.66. The van der Waals surface area contributed by atoms with Crippen LogP contribution < -0.4 is 4.74 Å². The Morgan fingerprint density at radius 2 is 2.00 bits per heavy atom. The van der Waals surface area contributed by atoms with Gasteiger partial charge < -0.3 is 14.5 Å². The van der Waals surface area contributed by atoms with Crippen molar-refractivity contribution in [1.82, 2.24) is 9.97 Å². The summed E-state index contributed by atoms with van der Waals surface area (Å²) in [6.07, 6.45) is 0. The Hall–Kier alpha value is -1.72. The highest BCUT2D eigenvalue weighted by atomic mass is 32.1. The fraction of sp³-hybridized carbons (Fsp3) is 0.375. The Morgan fingerprint density at radius 3 is 2.71 bits per heavy atom. The van der Waals surface area contributed by atoms with Crippen LogP contribution in [-0.2, 0) is 4.74 Å². The molecule has 2 rings (SSSR count). The number of hydrogen-bond donors (Lipinski definition) is 1. The third-order valence-corrected chi connectivity index (χ3v) is 3.24. The van der Waals surface area contributed by atoms with Gasteiger partial charge in [-0.15, -0.1) is 0 Å². The lowest BCUT2D eigenvalue weighted by atomic mass is 10.1. The van der Waals surface area contributed by atoms with Gasteiger partial charge in [-0.25, -0.2) is 4.98 Å². The molecule has 1 N–H and O–H groups in total. The van der Waals surface area contributed by atoms with Gasteiger partial charge in [0.05, 0.1) is 12.3 Å². The van der Waals surface area contributed by atoms with Gasteiger partial charge >= 0.3 is 0 Å². The standard InChI is InChI=1S/C16H20N2O2S/c1-11(2)16-17-13(10-15(21)18-16)12-6-4-5-7-14(12)20-9-8-19-3/h4-7,10-11H,8-9H2,1-3H3,(H,17,18,21). The maximum atomic E-state index is 5.77. The van der Waals surface area contributed by atoms with Crippen molar-refractivity contribution in [3.63, 3.8) is 0 Å². The lowest BCUT2D eigenvalue weighted by Gasteiger charge is -2.13. The van der Waals surface area contributed by atoms with E-state index in [2.05, 4.69) is 23.8 Å². The van der Waals surface area contributed by atoms with E-state index in [1.807, 2.05) is 30.3 Å². The second kappa shape index (κ2) is 7.33. The number of nitrogens with zero attached hydrogens (tertiary/aromatic N) is 1. The molecule has 0 unspecified atom stereocenters. The van der Waals surface area contributed by atoms with E-state index in [0.29, 0.717) is 17.9 Å². The molecule has 21 heavy (non-hydrogen) atoms. The van der Waals surface area contributed by atoms with Crippen molar-refractivity contribution in [3.05, 3.63) is 40.8 Å². The van der Waals surface area contributed by atoms with Gasteiger partial charge in [0.1, 0.15) is 22.8 Å². The van der Waals surface area contributed by atoms with Crippen LogP contribution in [0.1, 0.15) is 25.6 Å². The van der Waals surface area contributed by atoms with E-state index >= 15 is 0 Å². The highest BCUT2D eigenvalue weighted by Gasteiger charge is 2.09. The lowest BCUT2D eigenvalue weighted by molar-refractivity contribution is 0.146. The van der Waals surface area contributed by atoms with Crippen molar-refractivity contribution in [3.8, 4) is 17.0 Å².